The van der Waals surface area contributed by atoms with E-state index in [0.29, 0.717) is 177 Å². The van der Waals surface area contributed by atoms with Gasteiger partial charge in [0.25, 0.3) is 0 Å². The van der Waals surface area contributed by atoms with Gasteiger partial charge in [0.15, 0.2) is 0 Å². The molecule has 28 nitrogen and oxygen atoms in total. The molecule has 0 N–H and O–H groups in total. The first-order chi connectivity index (χ1) is 64.2. The number of carbonyl (C=O) groups is 12. The van der Waals surface area contributed by atoms with E-state index in [2.05, 4.69) is 59.6 Å². The maximum absolute atomic E-state index is 12.8. The van der Waals surface area contributed by atoms with Crippen LogP contribution in [0.25, 0.3) is 0 Å². The number of unbranched alkanes of at least 4 members (excludes halogenated alkanes) is 17. The smallest absolute Gasteiger partial charge is 0.343 e. The van der Waals surface area contributed by atoms with Gasteiger partial charge in [0.1, 0.15) is 65.8 Å². The molecule has 0 heterocycles. The van der Waals surface area contributed by atoms with Gasteiger partial charge in [-0.1, -0.05) is 124 Å². The summed E-state index contributed by atoms with van der Waals surface area (Å²) in [5.74, 6) is -2.16. The second-order valence-corrected chi connectivity index (χ2v) is 30.0. The molecule has 6 rings (SSSR count). The van der Waals surface area contributed by atoms with E-state index in [0.717, 1.165) is 100 Å². The summed E-state index contributed by atoms with van der Waals surface area (Å²) in [6, 6.07) is 36.1. The minimum absolute atomic E-state index is 0.0802. The van der Waals surface area contributed by atoms with Crippen molar-refractivity contribution in [2.75, 3.05) is 79.3 Å². The van der Waals surface area contributed by atoms with Crippen molar-refractivity contribution in [1.29, 1.82) is 0 Å². The van der Waals surface area contributed by atoms with Crippen molar-refractivity contribution in [2.45, 2.75) is 182 Å². The molecule has 0 aliphatic carbocycles. The Morgan fingerprint density at radius 3 is 0.737 bits per heavy atom. The van der Waals surface area contributed by atoms with Crippen LogP contribution in [0.15, 0.2) is 234 Å². The average molecular weight is 1840 g/mol. The van der Waals surface area contributed by atoms with Crippen LogP contribution in [0, 0.1) is 19.3 Å². The number of hydrogen-bond donors (Lipinski definition) is 0. The molecule has 133 heavy (non-hydrogen) atoms. The molecule has 28 heteroatoms. The molecule has 0 aliphatic rings. The molecular formula is C105H130O28. The summed E-state index contributed by atoms with van der Waals surface area (Å²) in [6.45, 7) is 39.7. The highest BCUT2D eigenvalue weighted by Gasteiger charge is 2.34. The maximum Gasteiger partial charge on any atom is 0.343 e. The van der Waals surface area contributed by atoms with E-state index in [1.54, 1.807) is 161 Å². The van der Waals surface area contributed by atoms with Crippen LogP contribution in [0.4, 0.5) is 0 Å². The van der Waals surface area contributed by atoms with Gasteiger partial charge in [-0.25, -0.2) is 57.5 Å². The van der Waals surface area contributed by atoms with Crippen LogP contribution in [-0.2, 0) is 76.3 Å². The van der Waals surface area contributed by atoms with Crippen molar-refractivity contribution in [2.24, 2.45) is 5.41 Å². The van der Waals surface area contributed by atoms with Gasteiger partial charge in [-0.15, -0.1) is 0 Å². The normalized spacial score (nSPS) is 10.3. The Balaban J connectivity index is 0.000000495. The summed E-state index contributed by atoms with van der Waals surface area (Å²) in [5, 5.41) is 0. The van der Waals surface area contributed by atoms with E-state index in [1.807, 2.05) is 0 Å². The highest BCUT2D eigenvalue weighted by atomic mass is 16.6. The van der Waals surface area contributed by atoms with E-state index in [-0.39, 0.29) is 25.8 Å². The van der Waals surface area contributed by atoms with Crippen molar-refractivity contribution < 1.29 is 133 Å². The van der Waals surface area contributed by atoms with Gasteiger partial charge >= 0.3 is 71.6 Å². The lowest BCUT2D eigenvalue weighted by atomic mass is 9.88. The number of rotatable bonds is 62. The summed E-state index contributed by atoms with van der Waals surface area (Å²) in [4.78, 5) is 139. The Morgan fingerprint density at radius 1 is 0.271 bits per heavy atom. The Bertz CT molecular complexity index is 4590. The summed E-state index contributed by atoms with van der Waals surface area (Å²) in [7, 11) is 0. The molecule has 718 valence electrons. The predicted octanol–water partition coefficient (Wildman–Crippen LogP) is 20.6. The van der Waals surface area contributed by atoms with Gasteiger partial charge in [-0.05, 0) is 255 Å². The topological polar surface area (TPSA) is 353 Å². The first-order valence-electron chi connectivity index (χ1n) is 44.6. The van der Waals surface area contributed by atoms with Gasteiger partial charge in [-0.3, -0.25) is 0 Å². The fourth-order valence-electron chi connectivity index (χ4n) is 11.4. The van der Waals surface area contributed by atoms with Crippen LogP contribution < -0.4 is 37.9 Å². The van der Waals surface area contributed by atoms with Crippen LogP contribution in [0.3, 0.4) is 0 Å². The van der Waals surface area contributed by atoms with Crippen molar-refractivity contribution in [3.8, 4) is 46.0 Å². The largest absolute Gasteiger partial charge is 0.494 e. The molecule has 0 fully saturated rings. The molecule has 0 saturated carbocycles. The highest BCUT2D eigenvalue weighted by Crippen LogP contribution is 2.30. The molecule has 0 spiro atoms. The van der Waals surface area contributed by atoms with Crippen LogP contribution >= 0.6 is 0 Å². The zero-order valence-corrected chi connectivity index (χ0v) is 77.6. The lowest BCUT2D eigenvalue weighted by molar-refractivity contribution is -0.156. The lowest BCUT2D eigenvalue weighted by Crippen LogP contribution is -2.38. The highest BCUT2D eigenvalue weighted by molar-refractivity contribution is 5.94. The number of carbonyl (C=O) groups excluding carboxylic acids is 12. The van der Waals surface area contributed by atoms with E-state index in [4.69, 9.17) is 75.8 Å². The van der Waals surface area contributed by atoms with Crippen molar-refractivity contribution in [3.63, 3.8) is 0 Å². The Morgan fingerprint density at radius 2 is 0.489 bits per heavy atom. The minimum Gasteiger partial charge on any atom is -0.494 e. The molecule has 0 atom stereocenters. The van der Waals surface area contributed by atoms with Crippen LogP contribution in [0.1, 0.15) is 221 Å². The third-order valence-corrected chi connectivity index (χ3v) is 19.2. The van der Waals surface area contributed by atoms with Gasteiger partial charge in [0.2, 0.25) is 0 Å². The van der Waals surface area contributed by atoms with Gasteiger partial charge in [0.05, 0.1) is 87.1 Å². The number of aryl methyl sites for hydroxylation is 2. The van der Waals surface area contributed by atoms with E-state index in [1.165, 1.54) is 57.8 Å². The average Bonchev–Trinajstić information content (AvgIpc) is 0.852. The second kappa shape index (κ2) is 69.1. The maximum atomic E-state index is 12.8. The fourth-order valence-corrected chi connectivity index (χ4v) is 11.4. The third-order valence-electron chi connectivity index (χ3n) is 19.2. The van der Waals surface area contributed by atoms with E-state index in [9.17, 15) is 57.5 Å². The zero-order chi connectivity index (χ0) is 97.7. The summed E-state index contributed by atoms with van der Waals surface area (Å²) in [5.41, 5.74) is 2.30. The lowest BCUT2D eigenvalue weighted by Gasteiger charge is -2.30. The van der Waals surface area contributed by atoms with Crippen molar-refractivity contribution >= 4 is 71.6 Å². The second-order valence-electron chi connectivity index (χ2n) is 30.0. The predicted molar refractivity (Wildman–Crippen MR) is 504 cm³/mol. The van der Waals surface area contributed by atoms with Gasteiger partial charge < -0.3 is 75.8 Å². The fraction of sp³-hybridized carbons (Fsp3) is 0.390. The van der Waals surface area contributed by atoms with Crippen LogP contribution in [0.2, 0.25) is 0 Å². The number of benzene rings is 6. The number of ether oxygens (including phenoxy) is 16. The zero-order valence-electron chi connectivity index (χ0n) is 77.6. The van der Waals surface area contributed by atoms with Gasteiger partial charge in [-0.2, -0.15) is 0 Å². The number of esters is 12. The van der Waals surface area contributed by atoms with Gasteiger partial charge in [0, 0.05) is 48.1 Å². The SMILES string of the molecule is C=C(C)C(=O)OCCCCCCCCCCCC.C=CC(=O)OCC(CC)(COC(=O)C=C)COC(=O)C=C.C=CC(=O)OCCCCCCOc1ccc(C(=O)Oc2ccc(OC(=O)c3ccc(OCCCCCCOC(=O)C=C)cc3)c(C)c2)cc1.C=CC(=O)OCCCCOc1ccc(C(=O)Oc2ccc(OC(=O)c3ccc(OCCCCOC(=O)C=C)cc3)c(C)c2)cc1. The summed E-state index contributed by atoms with van der Waals surface area (Å²) >= 11 is 0. The molecule has 0 saturated heterocycles. The van der Waals surface area contributed by atoms with Crippen LogP contribution in [-0.4, -0.2) is 151 Å². The van der Waals surface area contributed by atoms with Crippen molar-refractivity contribution in [3.05, 3.63) is 268 Å². The van der Waals surface area contributed by atoms with Crippen LogP contribution in [0.5, 0.6) is 46.0 Å². The van der Waals surface area contributed by atoms with Crippen molar-refractivity contribution in [1.82, 2.24) is 0 Å². The monoisotopic (exact) mass is 1840 g/mol. The Hall–Kier alpha value is -13.9. The Labute approximate surface area is 781 Å². The summed E-state index contributed by atoms with van der Waals surface area (Å²) in [6.07, 6.45) is 30.8. The molecule has 0 aromatic heterocycles. The first-order valence-corrected chi connectivity index (χ1v) is 44.6. The molecule has 0 aliphatic heterocycles. The molecule has 0 amide bonds. The quantitative estimate of drug-likeness (QED) is 0.0112. The molecule has 6 aromatic rings. The molecule has 0 bridgehead atoms. The minimum atomic E-state index is -0.837. The van der Waals surface area contributed by atoms with E-state index < -0.39 is 71.1 Å². The van der Waals surface area contributed by atoms with E-state index >= 15 is 0 Å². The third kappa shape index (κ3) is 51.3. The first kappa shape index (κ1) is 113. The summed E-state index contributed by atoms with van der Waals surface area (Å²) < 4.78 is 84.7. The molecule has 0 unspecified atom stereocenters. The molecule has 0 radical (unpaired) electrons. The molecule has 6 aromatic carbocycles. The standard InChI is InChI=1S/C39H44O10.C35H36O10.C16H30O2.C15H20O6/c1-4-36(40)46-26-12-8-6-10-24-44-32-18-14-30(15-19-32)38(42)48-34-22-23-35(29(3)28-34)49-39(43)31-16-20-33(21-17-31)45-25-11-7-9-13-27-47-37(41)5-2;1-4-32(36)42-22-8-6-20-40-28-14-10-26(11-15-28)34(38)44-30-18-19-31(25(3)24-30)45-35(39)27-12-16-29(17-13-27)41-21-7-9-23-43-33(37)5-2;1-4-5-6-7-8-9-10-11-12-13-14-18-16(17)15(2)3;1-5-12(16)19-9-15(8-4,10-20-13(17)6-2)11-21-14(18)7-3/h4-5,14-23,28H,1-2,6-13,24-27H2,3H3;4-5,10-19,24H,1-2,6-9,20-23H2,3H3;2,4-14H2,1,3H3;5-7H,1-3,8-11H2,4H3. The number of hydrogen-bond acceptors (Lipinski definition) is 28. The Kier molecular flexibility index (Phi) is 58.8. The molecular weight excluding hydrogens is 1710 g/mol.